The number of allylic oxidation sites excluding steroid dienone is 2. The fraction of sp³-hybridized carbons (Fsp3) is 0.235. The van der Waals surface area contributed by atoms with Crippen LogP contribution in [-0.4, -0.2) is 9.52 Å². The summed E-state index contributed by atoms with van der Waals surface area (Å²) >= 11 is -5.88. The van der Waals surface area contributed by atoms with E-state index in [1.54, 1.807) is 0 Å². The third-order valence-electron chi connectivity index (χ3n) is 16.3. The normalized spacial score (nSPS) is 16.9. The second-order valence-electron chi connectivity index (χ2n) is 22.9. The van der Waals surface area contributed by atoms with Crippen LogP contribution in [0.15, 0.2) is 187 Å². The van der Waals surface area contributed by atoms with E-state index in [2.05, 4.69) is 243 Å². The summed E-state index contributed by atoms with van der Waals surface area (Å²) < 4.78 is 0.963. The summed E-state index contributed by atoms with van der Waals surface area (Å²) in [6.07, 6.45) is 9.02. The SMILES string of the molecule is CCCC1=Cc2c(ccc(C(C)(C)C)c2-c2ccccc2-c2ccccc2)[CH]1[Zr]([Cl])([Cl])([c]1cccc2c1[SiH2]c1ccccc1-2)[CH]1C(CCC)=Cc2c1ccc(C(C)(C)C)c2-c1ccccc1-c1ccccc1. The van der Waals surface area contributed by atoms with E-state index in [4.69, 9.17) is 0 Å². The summed E-state index contributed by atoms with van der Waals surface area (Å²) in [5.74, 6) is 0. The van der Waals surface area contributed by atoms with E-state index in [1.807, 2.05) is 0 Å². The van der Waals surface area contributed by atoms with E-state index >= 15 is 0 Å². The first-order valence-corrected chi connectivity index (χ1v) is 38.3. The van der Waals surface area contributed by atoms with Crippen LogP contribution in [-0.2, 0) is 27.2 Å². The molecule has 0 radical (unpaired) electrons. The number of benzene rings is 8. The fourth-order valence-electron chi connectivity index (χ4n) is 13.3. The molecule has 8 aromatic carbocycles. The molecule has 0 nitrogen and oxygen atoms in total. The molecular formula is C68H67Cl2SiZr. The van der Waals surface area contributed by atoms with Crippen molar-refractivity contribution < 1.29 is 16.4 Å². The van der Waals surface area contributed by atoms with Crippen molar-refractivity contribution >= 4 is 52.3 Å². The van der Waals surface area contributed by atoms with Crippen LogP contribution in [0.2, 0.25) is 0 Å². The van der Waals surface area contributed by atoms with Crippen LogP contribution < -0.4 is 13.6 Å². The molecule has 1 heterocycles. The van der Waals surface area contributed by atoms with Gasteiger partial charge in [0.1, 0.15) is 0 Å². The van der Waals surface area contributed by atoms with Gasteiger partial charge in [0, 0.05) is 0 Å². The third kappa shape index (κ3) is 8.01. The molecule has 0 bridgehead atoms. The molecule has 4 heteroatoms. The summed E-state index contributed by atoms with van der Waals surface area (Å²) in [7, 11) is 18.5. The first kappa shape index (κ1) is 49.1. The van der Waals surface area contributed by atoms with Crippen LogP contribution in [0.25, 0.3) is 67.8 Å². The Bertz CT molecular complexity index is 3290. The van der Waals surface area contributed by atoms with E-state index in [0.717, 1.165) is 25.7 Å². The van der Waals surface area contributed by atoms with Crippen LogP contribution >= 0.6 is 17.0 Å². The maximum atomic E-state index is 9.70. The molecule has 0 saturated carbocycles. The Morgan fingerprint density at radius 1 is 0.431 bits per heavy atom. The van der Waals surface area contributed by atoms with Gasteiger partial charge in [-0.15, -0.1) is 0 Å². The van der Waals surface area contributed by atoms with E-state index < -0.39 is 25.9 Å². The summed E-state index contributed by atoms with van der Waals surface area (Å²) in [6.45, 7) is 18.9. The van der Waals surface area contributed by atoms with Crippen LogP contribution in [0.5, 0.6) is 0 Å². The average Bonchev–Trinajstić information content (AvgIpc) is 4.08. The topological polar surface area (TPSA) is 0 Å². The van der Waals surface area contributed by atoms with E-state index in [9.17, 15) is 17.0 Å². The molecule has 0 spiro atoms. The van der Waals surface area contributed by atoms with E-state index in [1.165, 1.54) is 114 Å². The van der Waals surface area contributed by atoms with E-state index in [-0.39, 0.29) is 18.1 Å². The quantitative estimate of drug-likeness (QED) is 0.113. The van der Waals surface area contributed by atoms with Crippen molar-refractivity contribution in [1.29, 1.82) is 0 Å². The minimum atomic E-state index is -5.88. The number of hydrogen-bond donors (Lipinski definition) is 0. The molecule has 0 N–H and O–H groups in total. The molecule has 3 aliphatic rings. The maximum absolute atomic E-state index is 9.70. The zero-order valence-corrected chi connectivity index (χ0v) is 48.7. The minimum absolute atomic E-state index is 0.138. The summed E-state index contributed by atoms with van der Waals surface area (Å²) in [6, 6.07) is 66.1. The van der Waals surface area contributed by atoms with Gasteiger partial charge in [-0.2, -0.15) is 0 Å². The van der Waals surface area contributed by atoms with Crippen LogP contribution in [0.1, 0.15) is 122 Å². The van der Waals surface area contributed by atoms with Gasteiger partial charge in [0.2, 0.25) is 0 Å². The van der Waals surface area contributed by atoms with Crippen molar-refractivity contribution in [2.24, 2.45) is 0 Å². The van der Waals surface area contributed by atoms with Crippen LogP contribution in [0, 0.1) is 0 Å². The van der Waals surface area contributed by atoms with Gasteiger partial charge in [-0.3, -0.25) is 0 Å². The molecule has 2 atom stereocenters. The number of halogens is 2. The second-order valence-corrected chi connectivity index (χ2v) is 45.4. The average molecular weight is 1070 g/mol. The molecular weight excluding hydrogens is 1010 g/mol. The van der Waals surface area contributed by atoms with Gasteiger partial charge in [-0.05, 0) is 0 Å². The van der Waals surface area contributed by atoms with Gasteiger partial charge >= 0.3 is 444 Å². The first-order valence-electron chi connectivity index (χ1n) is 26.5. The number of hydrogen-bond acceptors (Lipinski definition) is 0. The van der Waals surface area contributed by atoms with Crippen molar-refractivity contribution in [3.63, 3.8) is 0 Å². The summed E-state index contributed by atoms with van der Waals surface area (Å²) in [4.78, 5) is 0. The second kappa shape index (κ2) is 18.7. The van der Waals surface area contributed by atoms with E-state index in [0.29, 0.717) is 0 Å². The predicted molar refractivity (Wildman–Crippen MR) is 314 cm³/mol. The molecule has 8 aromatic rings. The Balaban J connectivity index is 1.25. The molecule has 1 aliphatic heterocycles. The summed E-state index contributed by atoms with van der Waals surface area (Å²) in [5.41, 5.74) is 23.2. The van der Waals surface area contributed by atoms with Gasteiger partial charge in [0.05, 0.1) is 0 Å². The van der Waals surface area contributed by atoms with Crippen molar-refractivity contribution in [2.45, 2.75) is 99.2 Å². The molecule has 72 heavy (non-hydrogen) atoms. The number of rotatable bonds is 11. The zero-order chi connectivity index (χ0) is 50.2. The Kier molecular flexibility index (Phi) is 12.8. The molecule has 361 valence electrons. The molecule has 2 unspecified atom stereocenters. The number of fused-ring (bicyclic) bond motifs is 5. The van der Waals surface area contributed by atoms with Gasteiger partial charge in [0.25, 0.3) is 0 Å². The fourth-order valence-corrected chi connectivity index (χ4v) is 41.3. The van der Waals surface area contributed by atoms with Gasteiger partial charge < -0.3 is 0 Å². The van der Waals surface area contributed by atoms with Crippen LogP contribution in [0.3, 0.4) is 0 Å². The molecule has 0 aromatic heterocycles. The van der Waals surface area contributed by atoms with Crippen molar-refractivity contribution in [3.8, 4) is 55.6 Å². The van der Waals surface area contributed by atoms with Crippen molar-refractivity contribution in [2.75, 3.05) is 0 Å². The van der Waals surface area contributed by atoms with Gasteiger partial charge in [-0.1, -0.05) is 0 Å². The first-order chi connectivity index (χ1) is 34.6. The Morgan fingerprint density at radius 2 is 0.833 bits per heavy atom. The van der Waals surface area contributed by atoms with Gasteiger partial charge in [-0.25, -0.2) is 0 Å². The molecule has 0 fully saturated rings. The molecule has 2 aliphatic carbocycles. The zero-order valence-electron chi connectivity index (χ0n) is 43.3. The molecule has 0 amide bonds. The summed E-state index contributed by atoms with van der Waals surface area (Å²) in [5, 5.41) is 2.95. The van der Waals surface area contributed by atoms with Crippen molar-refractivity contribution in [3.05, 3.63) is 220 Å². The van der Waals surface area contributed by atoms with Gasteiger partial charge in [0.15, 0.2) is 0 Å². The molecule has 11 rings (SSSR count). The van der Waals surface area contributed by atoms with Crippen molar-refractivity contribution in [1.82, 2.24) is 0 Å². The third-order valence-corrected chi connectivity index (χ3v) is 39.1. The Morgan fingerprint density at radius 3 is 1.28 bits per heavy atom. The standard InChI is InChI=1S/2C28H29.C12H9Si.2ClH.Zr/c2*1-5-11-20-18-22-16-17-26(28(2,3)4)27(25(22)19-20)24-15-10-9-14-23(24)21-12-7-6-8-13-21;1-3-7-11-9(5-1)10-6-2-4-8-12(10)13-11;;;/h2*6-10,12-19H,5,11H2,1-4H3;1-7H,13H2;2*1H;/q;;;;;+2/p-2. The Hall–Kier alpha value is -5.08. The predicted octanol–water partition coefficient (Wildman–Crippen LogP) is 17.5. The van der Waals surface area contributed by atoms with Crippen LogP contribution in [0.4, 0.5) is 0 Å². The Labute approximate surface area is 440 Å². The monoisotopic (exact) mass is 1070 g/mol. The molecule has 0 saturated heterocycles.